The fourth-order valence-corrected chi connectivity index (χ4v) is 3.92. The topological polar surface area (TPSA) is 56.6 Å². The summed E-state index contributed by atoms with van der Waals surface area (Å²) in [5.74, 6) is 0.480. The molecule has 0 aliphatic carbocycles. The molecule has 156 valence electrons. The fraction of sp³-hybridized carbons (Fsp3) is 0.333. The quantitative estimate of drug-likeness (QED) is 0.562. The van der Waals surface area contributed by atoms with Crippen molar-refractivity contribution in [2.24, 2.45) is 0 Å². The zero-order valence-corrected chi connectivity index (χ0v) is 17.5. The molecule has 3 aromatic rings. The molecule has 1 aromatic heterocycles. The van der Waals surface area contributed by atoms with Gasteiger partial charge in [0.15, 0.2) is 5.69 Å². The second kappa shape index (κ2) is 9.13. The summed E-state index contributed by atoms with van der Waals surface area (Å²) in [6.45, 7) is 5.25. The summed E-state index contributed by atoms with van der Waals surface area (Å²) >= 11 is 0. The number of nitrogens with zero attached hydrogens (tertiary/aromatic N) is 3. The minimum atomic E-state index is -0.344. The van der Waals surface area contributed by atoms with Crippen LogP contribution in [0.4, 0.5) is 0 Å². The molecule has 0 spiro atoms. The molecular formula is C24H27N3O3. The predicted molar refractivity (Wildman–Crippen MR) is 115 cm³/mol. The van der Waals surface area contributed by atoms with Crippen LogP contribution in [0.3, 0.4) is 0 Å². The average molecular weight is 405 g/mol. The molecule has 0 saturated heterocycles. The molecule has 0 bridgehead atoms. The summed E-state index contributed by atoms with van der Waals surface area (Å²) in [6, 6.07) is 18.4. The summed E-state index contributed by atoms with van der Waals surface area (Å²) < 4.78 is 12.5. The van der Waals surface area contributed by atoms with Crippen LogP contribution in [0.1, 0.15) is 39.8 Å². The van der Waals surface area contributed by atoms with Crippen LogP contribution < -0.4 is 4.74 Å². The van der Waals surface area contributed by atoms with Crippen molar-refractivity contribution in [3.63, 3.8) is 0 Å². The van der Waals surface area contributed by atoms with E-state index in [1.54, 1.807) is 7.11 Å². The Hall–Kier alpha value is -3.12. The molecule has 2 heterocycles. The van der Waals surface area contributed by atoms with Crippen LogP contribution in [0.25, 0.3) is 0 Å². The molecule has 6 nitrogen and oxygen atoms in total. The minimum absolute atomic E-state index is 0.340. The Kier molecular flexibility index (Phi) is 6.14. The van der Waals surface area contributed by atoms with E-state index < -0.39 is 0 Å². The average Bonchev–Trinajstić information content (AvgIpc) is 3.13. The molecular weight excluding hydrogens is 378 g/mol. The van der Waals surface area contributed by atoms with Crippen molar-refractivity contribution in [2.45, 2.75) is 33.0 Å². The van der Waals surface area contributed by atoms with Crippen molar-refractivity contribution in [1.29, 1.82) is 0 Å². The maximum atomic E-state index is 12.6. The second-order valence-electron chi connectivity index (χ2n) is 7.45. The molecule has 1 aliphatic rings. The van der Waals surface area contributed by atoms with E-state index in [1.165, 1.54) is 5.56 Å². The van der Waals surface area contributed by atoms with Crippen molar-refractivity contribution in [2.75, 3.05) is 20.3 Å². The maximum absolute atomic E-state index is 12.6. The summed E-state index contributed by atoms with van der Waals surface area (Å²) in [5.41, 5.74) is 4.94. The third-order valence-corrected chi connectivity index (χ3v) is 5.42. The normalized spacial score (nSPS) is 13.7. The predicted octanol–water partition coefficient (Wildman–Crippen LogP) is 3.68. The van der Waals surface area contributed by atoms with E-state index in [4.69, 9.17) is 9.47 Å². The first-order valence-corrected chi connectivity index (χ1v) is 10.3. The highest BCUT2D eigenvalue weighted by molar-refractivity contribution is 5.89. The Labute approximate surface area is 177 Å². The zero-order chi connectivity index (χ0) is 20.9. The van der Waals surface area contributed by atoms with Crippen LogP contribution >= 0.6 is 0 Å². The first-order chi connectivity index (χ1) is 14.7. The Morgan fingerprint density at radius 1 is 1.03 bits per heavy atom. The number of fused-ring (bicyclic) bond motifs is 1. The largest absolute Gasteiger partial charge is 0.497 e. The third-order valence-electron chi connectivity index (χ3n) is 5.42. The van der Waals surface area contributed by atoms with Crippen LogP contribution in [-0.4, -0.2) is 40.9 Å². The molecule has 0 saturated carbocycles. The van der Waals surface area contributed by atoms with Gasteiger partial charge in [-0.2, -0.15) is 5.10 Å². The van der Waals surface area contributed by atoms with Crippen LogP contribution in [-0.2, 0) is 30.8 Å². The third kappa shape index (κ3) is 4.39. The molecule has 30 heavy (non-hydrogen) atoms. The Morgan fingerprint density at radius 2 is 1.77 bits per heavy atom. The van der Waals surface area contributed by atoms with E-state index in [9.17, 15) is 4.79 Å². The van der Waals surface area contributed by atoms with E-state index >= 15 is 0 Å². The Bertz CT molecular complexity index is 997. The first kappa shape index (κ1) is 20.2. The molecule has 2 aromatic carbocycles. The van der Waals surface area contributed by atoms with E-state index in [0.29, 0.717) is 25.4 Å². The van der Waals surface area contributed by atoms with Crippen LogP contribution in [0, 0.1) is 0 Å². The summed E-state index contributed by atoms with van der Waals surface area (Å²) in [5, 5.41) is 4.67. The van der Waals surface area contributed by atoms with Gasteiger partial charge >= 0.3 is 5.97 Å². The van der Waals surface area contributed by atoms with Gasteiger partial charge in [-0.1, -0.05) is 42.5 Å². The number of aromatic nitrogens is 2. The van der Waals surface area contributed by atoms with Crippen molar-refractivity contribution in [3.05, 3.63) is 82.7 Å². The van der Waals surface area contributed by atoms with Crippen LogP contribution in [0.2, 0.25) is 0 Å². The zero-order valence-electron chi connectivity index (χ0n) is 17.5. The lowest BCUT2D eigenvalue weighted by atomic mass is 10.0. The minimum Gasteiger partial charge on any atom is -0.497 e. The van der Waals surface area contributed by atoms with Gasteiger partial charge in [0.25, 0.3) is 0 Å². The number of esters is 1. The van der Waals surface area contributed by atoms with E-state index in [2.05, 4.69) is 34.3 Å². The molecule has 4 rings (SSSR count). The van der Waals surface area contributed by atoms with Crippen molar-refractivity contribution < 1.29 is 14.3 Å². The summed E-state index contributed by atoms with van der Waals surface area (Å²) in [7, 11) is 1.66. The molecule has 0 unspecified atom stereocenters. The Balaban J connectivity index is 1.60. The highest BCUT2D eigenvalue weighted by Gasteiger charge is 2.29. The molecule has 6 heteroatoms. The fourth-order valence-electron chi connectivity index (χ4n) is 3.92. The lowest BCUT2D eigenvalue weighted by Crippen LogP contribution is -2.31. The number of rotatable bonds is 7. The monoisotopic (exact) mass is 405 g/mol. The molecule has 0 amide bonds. The lowest BCUT2D eigenvalue weighted by molar-refractivity contribution is 0.0515. The first-order valence-electron chi connectivity index (χ1n) is 10.3. The van der Waals surface area contributed by atoms with Crippen molar-refractivity contribution >= 4 is 5.97 Å². The van der Waals surface area contributed by atoms with Gasteiger partial charge in [-0.15, -0.1) is 0 Å². The number of carbonyl (C=O) groups excluding carboxylic acids is 1. The number of ether oxygens (including phenoxy) is 2. The highest BCUT2D eigenvalue weighted by atomic mass is 16.5. The molecule has 1 aliphatic heterocycles. The number of methoxy groups -OCH3 is 1. The van der Waals surface area contributed by atoms with E-state index in [0.717, 1.165) is 42.1 Å². The van der Waals surface area contributed by atoms with Gasteiger partial charge in [-0.25, -0.2) is 4.79 Å². The summed E-state index contributed by atoms with van der Waals surface area (Å²) in [4.78, 5) is 15.0. The number of carbonyl (C=O) groups is 1. The van der Waals surface area contributed by atoms with Crippen molar-refractivity contribution in [1.82, 2.24) is 14.7 Å². The summed E-state index contributed by atoms with van der Waals surface area (Å²) in [6.07, 6.45) is 0.852. The van der Waals surface area contributed by atoms with Gasteiger partial charge < -0.3 is 9.47 Å². The highest BCUT2D eigenvalue weighted by Crippen LogP contribution is 2.26. The number of hydrogen-bond acceptors (Lipinski definition) is 5. The van der Waals surface area contributed by atoms with Gasteiger partial charge in [0.2, 0.25) is 0 Å². The smallest absolute Gasteiger partial charge is 0.359 e. The van der Waals surface area contributed by atoms with Crippen LogP contribution in [0.15, 0.2) is 54.6 Å². The van der Waals surface area contributed by atoms with Gasteiger partial charge in [0.05, 0.1) is 20.3 Å². The Morgan fingerprint density at radius 3 is 2.47 bits per heavy atom. The molecule has 0 radical (unpaired) electrons. The molecule has 0 atom stereocenters. The molecule has 0 fully saturated rings. The van der Waals surface area contributed by atoms with Gasteiger partial charge in [0.1, 0.15) is 5.75 Å². The number of benzene rings is 2. The van der Waals surface area contributed by atoms with E-state index in [1.807, 2.05) is 41.9 Å². The maximum Gasteiger partial charge on any atom is 0.359 e. The van der Waals surface area contributed by atoms with Gasteiger partial charge in [0, 0.05) is 37.3 Å². The second-order valence-corrected chi connectivity index (χ2v) is 7.45. The standard InChI is InChI=1S/C24H27N3O3/c1-3-30-24(28)23-21-17-26(15-18-7-5-4-6-8-18)14-13-22(21)27(25-23)16-19-9-11-20(29-2)12-10-19/h4-12H,3,13-17H2,1-2H3. The number of hydrogen-bond donors (Lipinski definition) is 0. The van der Waals surface area contributed by atoms with Crippen molar-refractivity contribution in [3.8, 4) is 5.75 Å². The SMILES string of the molecule is CCOC(=O)c1nn(Cc2ccc(OC)cc2)c2c1CN(Cc1ccccc1)CC2. The van der Waals surface area contributed by atoms with E-state index in [-0.39, 0.29) is 5.97 Å². The van der Waals surface area contributed by atoms with Gasteiger partial charge in [-0.05, 0) is 30.2 Å². The van der Waals surface area contributed by atoms with Crippen LogP contribution in [0.5, 0.6) is 5.75 Å². The van der Waals surface area contributed by atoms with Gasteiger partial charge in [-0.3, -0.25) is 9.58 Å². The molecule has 0 N–H and O–H groups in total. The lowest BCUT2D eigenvalue weighted by Gasteiger charge is -2.27.